The molecule has 2 N–H and O–H groups in total. The van der Waals surface area contributed by atoms with E-state index in [0.717, 1.165) is 12.2 Å². The first-order valence-corrected chi connectivity index (χ1v) is 7.99. The molecule has 108 valence electrons. The fraction of sp³-hybridized carbons (Fsp3) is 0.222. The molecule has 2 aromatic carbocycles. The van der Waals surface area contributed by atoms with Crippen molar-refractivity contribution in [3.63, 3.8) is 0 Å². The van der Waals surface area contributed by atoms with E-state index in [-0.39, 0.29) is 0 Å². The van der Waals surface area contributed by atoms with Crippen molar-refractivity contribution >= 4 is 22.1 Å². The fourth-order valence-electron chi connectivity index (χ4n) is 2.79. The largest absolute Gasteiger partial charge is 0.496 e. The van der Waals surface area contributed by atoms with Gasteiger partial charge in [0.1, 0.15) is 5.75 Å². The monoisotopic (exact) mass is 297 g/mol. The van der Waals surface area contributed by atoms with Crippen molar-refractivity contribution in [3.05, 3.63) is 64.4 Å². The summed E-state index contributed by atoms with van der Waals surface area (Å²) in [7, 11) is 1.73. The van der Waals surface area contributed by atoms with Gasteiger partial charge in [0.2, 0.25) is 0 Å². The highest BCUT2D eigenvalue weighted by Crippen LogP contribution is 2.33. The average Bonchev–Trinajstić information content (AvgIpc) is 3.06. The van der Waals surface area contributed by atoms with Crippen molar-refractivity contribution in [2.75, 3.05) is 13.7 Å². The third kappa shape index (κ3) is 2.80. The van der Waals surface area contributed by atoms with Crippen LogP contribution in [0.15, 0.2) is 53.9 Å². The quantitative estimate of drug-likeness (QED) is 0.766. The molecule has 0 amide bonds. The molecule has 2 nitrogen and oxygen atoms in total. The van der Waals surface area contributed by atoms with Crippen molar-refractivity contribution in [1.29, 1.82) is 0 Å². The van der Waals surface area contributed by atoms with E-state index < -0.39 is 0 Å². The minimum absolute atomic E-state index is 0.338. The summed E-state index contributed by atoms with van der Waals surface area (Å²) in [5.41, 5.74) is 7.26. The highest BCUT2D eigenvalue weighted by Gasteiger charge is 2.16. The van der Waals surface area contributed by atoms with Gasteiger partial charge in [-0.15, -0.1) is 11.3 Å². The van der Waals surface area contributed by atoms with E-state index in [2.05, 4.69) is 53.9 Å². The molecule has 3 rings (SSSR count). The summed E-state index contributed by atoms with van der Waals surface area (Å²) in [6, 6.07) is 16.9. The van der Waals surface area contributed by atoms with E-state index in [9.17, 15) is 0 Å². The molecule has 21 heavy (non-hydrogen) atoms. The van der Waals surface area contributed by atoms with Crippen LogP contribution in [0.4, 0.5) is 0 Å². The number of nitrogens with two attached hydrogens (primary N) is 1. The molecule has 1 aromatic heterocycles. The molecule has 0 radical (unpaired) electrons. The van der Waals surface area contributed by atoms with E-state index >= 15 is 0 Å². The molecule has 0 saturated carbocycles. The summed E-state index contributed by atoms with van der Waals surface area (Å²) in [5.74, 6) is 1.29. The zero-order valence-corrected chi connectivity index (χ0v) is 12.9. The van der Waals surface area contributed by atoms with Crippen LogP contribution in [0.3, 0.4) is 0 Å². The maximum atomic E-state index is 6.01. The van der Waals surface area contributed by atoms with Gasteiger partial charge in [0, 0.05) is 22.9 Å². The highest BCUT2D eigenvalue weighted by atomic mass is 32.1. The van der Waals surface area contributed by atoms with Gasteiger partial charge in [0.15, 0.2) is 0 Å². The standard InChI is InChI=1S/C18H19NOS/c1-20-17-9-8-13-5-2-3-6-15(13)16(17)11-14(12-19)18-7-4-10-21-18/h2-10,14H,11-12,19H2,1H3. The maximum absolute atomic E-state index is 6.01. The van der Waals surface area contributed by atoms with Gasteiger partial charge in [-0.05, 0) is 34.7 Å². The van der Waals surface area contributed by atoms with Crippen LogP contribution in [0.2, 0.25) is 0 Å². The van der Waals surface area contributed by atoms with Crippen LogP contribution in [0.5, 0.6) is 5.75 Å². The molecule has 0 aliphatic carbocycles. The van der Waals surface area contributed by atoms with Crippen LogP contribution in [-0.2, 0) is 6.42 Å². The lowest BCUT2D eigenvalue weighted by Crippen LogP contribution is -2.14. The van der Waals surface area contributed by atoms with Gasteiger partial charge in [-0.25, -0.2) is 0 Å². The molecular formula is C18H19NOS. The molecule has 3 heteroatoms. The van der Waals surface area contributed by atoms with Crippen molar-refractivity contribution in [2.24, 2.45) is 5.73 Å². The fourth-order valence-corrected chi connectivity index (χ4v) is 3.63. The summed E-state index contributed by atoms with van der Waals surface area (Å²) in [5, 5.41) is 4.61. The SMILES string of the molecule is COc1ccc2ccccc2c1CC(CN)c1cccs1. The Morgan fingerprint density at radius 1 is 1.10 bits per heavy atom. The summed E-state index contributed by atoms with van der Waals surface area (Å²) in [6.07, 6.45) is 0.904. The van der Waals surface area contributed by atoms with E-state index in [4.69, 9.17) is 10.5 Å². The lowest BCUT2D eigenvalue weighted by Gasteiger charge is -2.17. The summed E-state index contributed by atoms with van der Waals surface area (Å²) < 4.78 is 5.58. The predicted molar refractivity (Wildman–Crippen MR) is 90.3 cm³/mol. The number of thiophene rings is 1. The Balaban J connectivity index is 2.06. The lowest BCUT2D eigenvalue weighted by molar-refractivity contribution is 0.409. The minimum Gasteiger partial charge on any atom is -0.496 e. The smallest absolute Gasteiger partial charge is 0.122 e. The van der Waals surface area contributed by atoms with E-state index in [1.165, 1.54) is 21.2 Å². The highest BCUT2D eigenvalue weighted by molar-refractivity contribution is 7.10. The molecule has 0 fully saturated rings. The summed E-state index contributed by atoms with van der Waals surface area (Å²) >= 11 is 1.77. The predicted octanol–water partition coefficient (Wildman–Crippen LogP) is 4.19. The van der Waals surface area contributed by atoms with Crippen LogP contribution in [-0.4, -0.2) is 13.7 Å². The minimum atomic E-state index is 0.338. The third-order valence-electron chi connectivity index (χ3n) is 3.90. The molecule has 0 aliphatic rings. The Kier molecular flexibility index (Phi) is 4.23. The van der Waals surface area contributed by atoms with Gasteiger partial charge in [-0.2, -0.15) is 0 Å². The first-order valence-electron chi connectivity index (χ1n) is 7.11. The average molecular weight is 297 g/mol. The molecule has 0 aliphatic heterocycles. The first kappa shape index (κ1) is 14.1. The van der Waals surface area contributed by atoms with Crippen LogP contribution in [0.1, 0.15) is 16.4 Å². The Hall–Kier alpha value is -1.84. The third-order valence-corrected chi connectivity index (χ3v) is 4.93. The second-order valence-corrected chi connectivity index (χ2v) is 6.10. The Morgan fingerprint density at radius 3 is 2.67 bits per heavy atom. The number of hydrogen-bond donors (Lipinski definition) is 1. The maximum Gasteiger partial charge on any atom is 0.122 e. The second kappa shape index (κ2) is 6.29. The zero-order valence-electron chi connectivity index (χ0n) is 12.1. The molecular weight excluding hydrogens is 278 g/mol. The molecule has 0 saturated heterocycles. The Labute approximate surface area is 129 Å². The van der Waals surface area contributed by atoms with Crippen molar-refractivity contribution in [2.45, 2.75) is 12.3 Å². The zero-order chi connectivity index (χ0) is 14.7. The Morgan fingerprint density at radius 2 is 1.95 bits per heavy atom. The van der Waals surface area contributed by atoms with Crippen molar-refractivity contribution in [3.8, 4) is 5.75 Å². The molecule has 1 heterocycles. The molecule has 1 atom stereocenters. The van der Waals surface area contributed by atoms with Crippen molar-refractivity contribution < 1.29 is 4.74 Å². The normalized spacial score (nSPS) is 12.5. The van der Waals surface area contributed by atoms with Crippen molar-refractivity contribution in [1.82, 2.24) is 0 Å². The van der Waals surface area contributed by atoms with Gasteiger partial charge >= 0.3 is 0 Å². The van der Waals surface area contributed by atoms with Crippen LogP contribution in [0, 0.1) is 0 Å². The Bertz CT molecular complexity index is 721. The van der Waals surface area contributed by atoms with E-state index in [1.807, 2.05) is 0 Å². The lowest BCUT2D eigenvalue weighted by atomic mass is 9.93. The molecule has 0 spiro atoms. The topological polar surface area (TPSA) is 35.2 Å². The number of methoxy groups -OCH3 is 1. The van der Waals surface area contributed by atoms with Crippen LogP contribution >= 0.6 is 11.3 Å². The number of fused-ring (bicyclic) bond motifs is 1. The number of benzene rings is 2. The van der Waals surface area contributed by atoms with Gasteiger partial charge in [-0.3, -0.25) is 0 Å². The van der Waals surface area contributed by atoms with Crippen LogP contribution < -0.4 is 10.5 Å². The van der Waals surface area contributed by atoms with Gasteiger partial charge in [-0.1, -0.05) is 36.4 Å². The number of rotatable bonds is 5. The van der Waals surface area contributed by atoms with Gasteiger partial charge in [0.05, 0.1) is 7.11 Å². The first-order chi connectivity index (χ1) is 10.3. The second-order valence-electron chi connectivity index (χ2n) is 5.12. The van der Waals surface area contributed by atoms with Gasteiger partial charge < -0.3 is 10.5 Å². The molecule has 3 aromatic rings. The summed E-state index contributed by atoms with van der Waals surface area (Å²) in [4.78, 5) is 1.34. The number of ether oxygens (including phenoxy) is 1. The van der Waals surface area contributed by atoms with Crippen LogP contribution in [0.25, 0.3) is 10.8 Å². The van der Waals surface area contributed by atoms with Gasteiger partial charge in [0.25, 0.3) is 0 Å². The van der Waals surface area contributed by atoms with E-state index in [0.29, 0.717) is 12.5 Å². The number of hydrogen-bond acceptors (Lipinski definition) is 3. The van der Waals surface area contributed by atoms with E-state index in [1.54, 1.807) is 18.4 Å². The molecule has 0 bridgehead atoms. The summed E-state index contributed by atoms with van der Waals surface area (Å²) in [6.45, 7) is 0.646. The molecule has 1 unspecified atom stereocenters.